The molecule has 50 heavy (non-hydrogen) atoms. The highest BCUT2D eigenvalue weighted by molar-refractivity contribution is 7.91. The second kappa shape index (κ2) is 14.8. The van der Waals surface area contributed by atoms with Gasteiger partial charge in [-0.25, -0.2) is 17.6 Å². The number of alkyl carbamates (subject to hydrolysis) is 1. The van der Waals surface area contributed by atoms with Crippen LogP contribution in [0.1, 0.15) is 65.7 Å². The highest BCUT2D eigenvalue weighted by Crippen LogP contribution is 2.45. The zero-order valence-electron chi connectivity index (χ0n) is 28.6. The number of benzene rings is 2. The molecule has 0 spiro atoms. The van der Waals surface area contributed by atoms with Gasteiger partial charge in [-0.05, 0) is 74.1 Å². The molecule has 0 aromatic heterocycles. The molecule has 270 valence electrons. The van der Waals surface area contributed by atoms with E-state index in [1.165, 1.54) is 12.1 Å². The van der Waals surface area contributed by atoms with E-state index in [0.717, 1.165) is 25.7 Å². The second-order valence-electron chi connectivity index (χ2n) is 14.4. The molecular weight excluding hydrogens is 665 g/mol. The summed E-state index contributed by atoms with van der Waals surface area (Å²) in [7, 11) is -3.90. The Kier molecular flexibility index (Phi) is 10.9. The maximum Gasteiger partial charge on any atom is 0.408 e. The summed E-state index contributed by atoms with van der Waals surface area (Å²) < 4.78 is 47.2. The molecule has 4 amide bonds. The first-order valence-electron chi connectivity index (χ1n) is 17.0. The first-order valence-corrected chi connectivity index (χ1v) is 18.5. The molecule has 3 aliphatic carbocycles. The molecule has 0 aliphatic heterocycles. The summed E-state index contributed by atoms with van der Waals surface area (Å²) in [6, 6.07) is 10.8. The number of halogens is 1. The van der Waals surface area contributed by atoms with Crippen molar-refractivity contribution < 1.29 is 36.7 Å². The lowest BCUT2D eigenvalue weighted by atomic mass is 9.86. The fourth-order valence-corrected chi connectivity index (χ4v) is 7.52. The van der Waals surface area contributed by atoms with Crippen LogP contribution in [-0.2, 0) is 29.1 Å². The molecule has 0 bridgehead atoms. The Morgan fingerprint density at radius 1 is 0.980 bits per heavy atom. The summed E-state index contributed by atoms with van der Waals surface area (Å²) in [6.07, 6.45) is 4.94. The van der Waals surface area contributed by atoms with Gasteiger partial charge in [-0.15, -0.1) is 6.58 Å². The number of rotatable bonds is 14. The topological polar surface area (TPSA) is 172 Å². The van der Waals surface area contributed by atoms with Crippen molar-refractivity contribution in [1.29, 1.82) is 0 Å². The predicted octanol–water partition coefficient (Wildman–Crippen LogP) is 4.14. The minimum Gasteiger partial charge on any atom is -0.446 e. The van der Waals surface area contributed by atoms with Crippen LogP contribution in [0.25, 0.3) is 11.1 Å². The Balaban J connectivity index is 1.34. The quantitative estimate of drug-likeness (QED) is 0.182. The molecule has 2 aromatic carbocycles. The van der Waals surface area contributed by atoms with E-state index in [0.29, 0.717) is 29.7 Å². The third-order valence-electron chi connectivity index (χ3n) is 9.43. The molecule has 0 radical (unpaired) electrons. The number of hydrogen-bond acceptors (Lipinski definition) is 8. The van der Waals surface area contributed by atoms with E-state index >= 15 is 0 Å². The van der Waals surface area contributed by atoms with Crippen molar-refractivity contribution in [2.24, 2.45) is 11.3 Å². The van der Waals surface area contributed by atoms with Crippen molar-refractivity contribution in [2.45, 2.75) is 94.7 Å². The van der Waals surface area contributed by atoms with Crippen LogP contribution in [-0.4, -0.2) is 67.8 Å². The number of amides is 4. The molecule has 3 fully saturated rings. The summed E-state index contributed by atoms with van der Waals surface area (Å²) in [5.41, 5.74) is -0.750. The summed E-state index contributed by atoms with van der Waals surface area (Å²) in [6.45, 7) is 8.86. The van der Waals surface area contributed by atoms with Gasteiger partial charge in [-0.1, -0.05) is 57.2 Å². The molecule has 2 aromatic rings. The van der Waals surface area contributed by atoms with Crippen LogP contribution in [0, 0.1) is 17.2 Å². The van der Waals surface area contributed by atoms with Crippen LogP contribution in [0.2, 0.25) is 0 Å². The molecule has 0 heterocycles. The number of ether oxygens (including phenoxy) is 1. The standard InChI is InChI=1S/C36H46FN5O7S/c1-5-23-20-36(23,33(45)42-50(47,48)26-18-19-26)41-31(43)29(21-38-24-16-14-22(15-17-24)27-12-8-9-13-28(27)37)39-32(44)30(35(2,3)4)40-34(46)49-25-10-6-7-11-25/h5,8-9,12-17,23,25-26,29-30,38H,1,6-7,10-11,18-21H2,2-4H3,(H,39,44)(H,40,46)(H,41,43)(H,42,45)/t23-,29+,30-,36-/m1/s1. The summed E-state index contributed by atoms with van der Waals surface area (Å²) in [5, 5.41) is 10.6. The van der Waals surface area contributed by atoms with Crippen molar-refractivity contribution in [2.75, 3.05) is 11.9 Å². The maximum atomic E-state index is 14.4. The number of hydrogen-bond donors (Lipinski definition) is 5. The summed E-state index contributed by atoms with van der Waals surface area (Å²) >= 11 is 0. The van der Waals surface area contributed by atoms with E-state index in [9.17, 15) is 32.0 Å². The molecule has 0 saturated heterocycles. The third-order valence-corrected chi connectivity index (χ3v) is 11.2. The lowest BCUT2D eigenvalue weighted by Gasteiger charge is -2.32. The van der Waals surface area contributed by atoms with Crippen molar-refractivity contribution in [3.63, 3.8) is 0 Å². The van der Waals surface area contributed by atoms with E-state index in [1.807, 2.05) is 0 Å². The van der Waals surface area contributed by atoms with Gasteiger partial charge < -0.3 is 26.0 Å². The third kappa shape index (κ3) is 8.82. The molecule has 3 aliphatic rings. The largest absolute Gasteiger partial charge is 0.446 e. The average molecular weight is 712 g/mol. The maximum absolute atomic E-state index is 14.4. The van der Waals surface area contributed by atoms with Crippen LogP contribution in [0.4, 0.5) is 14.9 Å². The fourth-order valence-electron chi connectivity index (χ4n) is 6.15. The number of anilines is 1. The van der Waals surface area contributed by atoms with Gasteiger partial charge in [0.1, 0.15) is 29.5 Å². The first-order chi connectivity index (χ1) is 23.6. The smallest absolute Gasteiger partial charge is 0.408 e. The second-order valence-corrected chi connectivity index (χ2v) is 16.4. The minimum absolute atomic E-state index is 0.124. The molecule has 5 rings (SSSR count). The van der Waals surface area contributed by atoms with Gasteiger partial charge in [0.05, 0.1) is 5.25 Å². The van der Waals surface area contributed by atoms with E-state index in [4.69, 9.17) is 4.74 Å². The van der Waals surface area contributed by atoms with Crippen molar-refractivity contribution in [1.82, 2.24) is 20.7 Å². The highest BCUT2D eigenvalue weighted by Gasteiger charge is 2.61. The van der Waals surface area contributed by atoms with Gasteiger partial charge in [0.15, 0.2) is 0 Å². The molecule has 3 saturated carbocycles. The SMILES string of the molecule is C=C[C@@H]1C[C@]1(NC(=O)[C@H](CNc1ccc(-c2ccccc2F)cc1)NC(=O)[C@@H](NC(=O)OC1CCCC1)C(C)(C)C)C(=O)NS(=O)(=O)C1CC1. The van der Waals surface area contributed by atoms with Crippen LogP contribution in [0.5, 0.6) is 0 Å². The average Bonchev–Trinajstić information content (AvgIpc) is 3.98. The van der Waals surface area contributed by atoms with Crippen LogP contribution < -0.4 is 26.0 Å². The normalized spacial score (nSPS) is 21.6. The number of carbonyl (C=O) groups is 4. The predicted molar refractivity (Wildman–Crippen MR) is 187 cm³/mol. The molecule has 12 nitrogen and oxygen atoms in total. The zero-order valence-corrected chi connectivity index (χ0v) is 29.4. The van der Waals surface area contributed by atoms with E-state index in [-0.39, 0.29) is 24.9 Å². The lowest BCUT2D eigenvalue weighted by molar-refractivity contribution is -0.133. The minimum atomic E-state index is -3.90. The Hall–Kier alpha value is -4.46. The van der Waals surface area contributed by atoms with Gasteiger partial charge in [0, 0.05) is 23.7 Å². The Bertz CT molecular complexity index is 1720. The van der Waals surface area contributed by atoms with E-state index in [2.05, 4.69) is 32.6 Å². The lowest BCUT2D eigenvalue weighted by Crippen LogP contribution is -2.62. The Labute approximate surface area is 292 Å². The Morgan fingerprint density at radius 2 is 1.64 bits per heavy atom. The number of sulfonamides is 1. The van der Waals surface area contributed by atoms with Crippen LogP contribution in [0.3, 0.4) is 0 Å². The van der Waals surface area contributed by atoms with Crippen LogP contribution in [0.15, 0.2) is 61.2 Å². The van der Waals surface area contributed by atoms with E-state index < -0.39 is 68.0 Å². The summed E-state index contributed by atoms with van der Waals surface area (Å²) in [4.78, 5) is 53.9. The highest BCUT2D eigenvalue weighted by atomic mass is 32.2. The fraction of sp³-hybridized carbons (Fsp3) is 0.500. The zero-order chi connectivity index (χ0) is 36.3. The molecule has 0 unspecified atom stereocenters. The molecule has 4 atom stereocenters. The van der Waals surface area contributed by atoms with Gasteiger partial charge in [-0.3, -0.25) is 19.1 Å². The van der Waals surface area contributed by atoms with Crippen LogP contribution >= 0.6 is 0 Å². The number of carbonyl (C=O) groups excluding carboxylic acids is 4. The van der Waals surface area contributed by atoms with Gasteiger partial charge in [0.25, 0.3) is 5.91 Å². The molecule has 5 N–H and O–H groups in total. The van der Waals surface area contributed by atoms with Gasteiger partial charge >= 0.3 is 6.09 Å². The number of nitrogens with one attached hydrogen (secondary N) is 5. The van der Waals surface area contributed by atoms with Crippen molar-refractivity contribution in [3.8, 4) is 11.1 Å². The van der Waals surface area contributed by atoms with Gasteiger partial charge in [-0.2, -0.15) is 0 Å². The molecular formula is C36H46FN5O7S. The first kappa shape index (κ1) is 36.8. The molecule has 14 heteroatoms. The summed E-state index contributed by atoms with van der Waals surface area (Å²) in [5.74, 6) is -3.19. The van der Waals surface area contributed by atoms with Gasteiger partial charge in [0.2, 0.25) is 21.8 Å². The van der Waals surface area contributed by atoms with E-state index in [1.54, 1.807) is 63.2 Å². The van der Waals surface area contributed by atoms with Crippen molar-refractivity contribution in [3.05, 3.63) is 67.0 Å². The van der Waals surface area contributed by atoms with Crippen molar-refractivity contribution >= 4 is 39.5 Å². The monoisotopic (exact) mass is 711 g/mol. The Morgan fingerprint density at radius 3 is 2.22 bits per heavy atom.